The van der Waals surface area contributed by atoms with E-state index in [2.05, 4.69) is 58.5 Å². The lowest BCUT2D eigenvalue weighted by molar-refractivity contribution is 0.400. The van der Waals surface area contributed by atoms with E-state index in [-0.39, 0.29) is 0 Å². The highest BCUT2D eigenvalue weighted by Gasteiger charge is 2.02. The first-order valence-electron chi connectivity index (χ1n) is 6.43. The summed E-state index contributed by atoms with van der Waals surface area (Å²) in [6.07, 6.45) is 3.35. The molecule has 0 fully saturated rings. The molecule has 0 radical (unpaired) electrons. The Morgan fingerprint density at radius 2 is 1.84 bits per heavy atom. The molecule has 0 aliphatic rings. The summed E-state index contributed by atoms with van der Waals surface area (Å²) in [6, 6.07) is 10.5. The van der Waals surface area contributed by atoms with Crippen LogP contribution in [0.4, 0.5) is 0 Å². The van der Waals surface area contributed by atoms with Crippen LogP contribution in [-0.4, -0.2) is 29.0 Å². The molecule has 0 atom stereocenters. The topological polar surface area (TPSA) is 41.0 Å². The zero-order chi connectivity index (χ0) is 13.5. The van der Waals surface area contributed by atoms with E-state index in [0.717, 1.165) is 25.3 Å². The Bertz CT molecular complexity index is 497. The van der Waals surface area contributed by atoms with Gasteiger partial charge >= 0.3 is 0 Å². The first-order valence-corrected chi connectivity index (χ1v) is 6.43. The number of hydrogen-bond acceptors (Lipinski definition) is 4. The van der Waals surface area contributed by atoms with Crippen molar-refractivity contribution in [2.24, 2.45) is 0 Å². The van der Waals surface area contributed by atoms with E-state index in [1.807, 2.05) is 6.07 Å². The monoisotopic (exact) mass is 256 g/mol. The van der Waals surface area contributed by atoms with E-state index in [9.17, 15) is 0 Å². The summed E-state index contributed by atoms with van der Waals surface area (Å²) >= 11 is 0. The van der Waals surface area contributed by atoms with Gasteiger partial charge in [-0.2, -0.15) is 0 Å². The van der Waals surface area contributed by atoms with Gasteiger partial charge in [-0.05, 0) is 31.3 Å². The van der Waals surface area contributed by atoms with Crippen molar-refractivity contribution in [1.29, 1.82) is 0 Å². The molecule has 0 saturated carbocycles. The number of nitrogens with zero attached hydrogens (tertiary/aromatic N) is 3. The second-order valence-electron chi connectivity index (χ2n) is 4.81. The van der Waals surface area contributed by atoms with Crippen molar-refractivity contribution in [3.05, 3.63) is 59.7 Å². The van der Waals surface area contributed by atoms with Crippen LogP contribution in [0.5, 0.6) is 0 Å². The third-order valence-corrected chi connectivity index (χ3v) is 2.87. The molecule has 0 bridgehead atoms. The molecule has 0 unspecified atom stereocenters. The average Bonchev–Trinajstić information content (AvgIpc) is 2.41. The van der Waals surface area contributed by atoms with Gasteiger partial charge in [0.05, 0.1) is 5.69 Å². The number of rotatable bonds is 6. The van der Waals surface area contributed by atoms with Gasteiger partial charge in [-0.1, -0.05) is 24.3 Å². The zero-order valence-corrected chi connectivity index (χ0v) is 11.5. The average molecular weight is 256 g/mol. The maximum atomic E-state index is 4.20. The Morgan fingerprint density at radius 1 is 1.05 bits per heavy atom. The van der Waals surface area contributed by atoms with Crippen molar-refractivity contribution < 1.29 is 0 Å². The maximum Gasteiger partial charge on any atom is 0.115 e. The number of aromatic nitrogens is 2. The second kappa shape index (κ2) is 6.97. The second-order valence-corrected chi connectivity index (χ2v) is 4.81. The highest BCUT2D eigenvalue weighted by Crippen LogP contribution is 2.10. The number of nitrogens with one attached hydrogen (secondary N) is 1. The van der Waals surface area contributed by atoms with E-state index in [1.54, 1.807) is 12.5 Å². The van der Waals surface area contributed by atoms with E-state index in [1.165, 1.54) is 11.1 Å². The van der Waals surface area contributed by atoms with Crippen LogP contribution in [0.2, 0.25) is 0 Å². The summed E-state index contributed by atoms with van der Waals surface area (Å²) in [6.45, 7) is 2.58. The van der Waals surface area contributed by atoms with Gasteiger partial charge in [0.1, 0.15) is 6.33 Å². The van der Waals surface area contributed by atoms with Gasteiger partial charge in [-0.15, -0.1) is 0 Å². The van der Waals surface area contributed by atoms with Crippen LogP contribution in [0.25, 0.3) is 0 Å². The predicted octanol–water partition coefficient (Wildman–Crippen LogP) is 1.83. The summed E-state index contributed by atoms with van der Waals surface area (Å²) < 4.78 is 0. The Labute approximate surface area is 114 Å². The highest BCUT2D eigenvalue weighted by atomic mass is 15.0. The smallest absolute Gasteiger partial charge is 0.115 e. The molecule has 19 heavy (non-hydrogen) atoms. The minimum absolute atomic E-state index is 0.763. The number of hydrogen-bond donors (Lipinski definition) is 1. The summed E-state index contributed by atoms with van der Waals surface area (Å²) in [4.78, 5) is 10.3. The van der Waals surface area contributed by atoms with Crippen molar-refractivity contribution in [1.82, 2.24) is 20.2 Å². The molecule has 2 rings (SSSR count). The zero-order valence-electron chi connectivity index (χ0n) is 11.5. The van der Waals surface area contributed by atoms with Crippen molar-refractivity contribution in [2.45, 2.75) is 19.6 Å². The van der Waals surface area contributed by atoms with Crippen molar-refractivity contribution >= 4 is 0 Å². The first-order chi connectivity index (χ1) is 9.25. The molecule has 1 aromatic heterocycles. The predicted molar refractivity (Wildman–Crippen MR) is 76.4 cm³/mol. The summed E-state index contributed by atoms with van der Waals surface area (Å²) in [5.41, 5.74) is 3.72. The van der Waals surface area contributed by atoms with E-state index in [0.29, 0.717) is 0 Å². The van der Waals surface area contributed by atoms with Gasteiger partial charge in [0.2, 0.25) is 0 Å². The third kappa shape index (κ3) is 4.43. The van der Waals surface area contributed by atoms with Gasteiger partial charge < -0.3 is 10.2 Å². The first kappa shape index (κ1) is 13.6. The van der Waals surface area contributed by atoms with E-state index < -0.39 is 0 Å². The Hall–Kier alpha value is -1.78. The SMILES string of the molecule is CN(C)Cc1ccccc1CNCc1ccncn1. The molecule has 1 heterocycles. The van der Waals surface area contributed by atoms with Crippen LogP contribution in [0.15, 0.2) is 42.9 Å². The molecule has 2 aromatic rings. The Kier molecular flexibility index (Phi) is 5.01. The van der Waals surface area contributed by atoms with E-state index in [4.69, 9.17) is 0 Å². The van der Waals surface area contributed by atoms with Crippen LogP contribution < -0.4 is 5.32 Å². The fourth-order valence-corrected chi connectivity index (χ4v) is 1.97. The van der Waals surface area contributed by atoms with Crippen LogP contribution in [0.1, 0.15) is 16.8 Å². The van der Waals surface area contributed by atoms with Crippen LogP contribution in [0, 0.1) is 0 Å². The molecule has 0 saturated heterocycles. The molecule has 0 amide bonds. The Morgan fingerprint density at radius 3 is 2.53 bits per heavy atom. The summed E-state index contributed by atoms with van der Waals surface area (Å²) in [7, 11) is 4.18. The Balaban J connectivity index is 1.92. The molecule has 0 aliphatic carbocycles. The molecular weight excluding hydrogens is 236 g/mol. The summed E-state index contributed by atoms with van der Waals surface area (Å²) in [5, 5.41) is 3.42. The molecule has 1 N–H and O–H groups in total. The van der Waals surface area contributed by atoms with Gasteiger partial charge in [-0.25, -0.2) is 9.97 Å². The molecule has 4 heteroatoms. The molecule has 0 spiro atoms. The fraction of sp³-hybridized carbons (Fsp3) is 0.333. The van der Waals surface area contributed by atoms with Crippen molar-refractivity contribution in [3.63, 3.8) is 0 Å². The fourth-order valence-electron chi connectivity index (χ4n) is 1.97. The quantitative estimate of drug-likeness (QED) is 0.856. The van der Waals surface area contributed by atoms with Crippen LogP contribution >= 0.6 is 0 Å². The van der Waals surface area contributed by atoms with Crippen LogP contribution in [-0.2, 0) is 19.6 Å². The lowest BCUT2D eigenvalue weighted by Gasteiger charge is -2.14. The maximum absolute atomic E-state index is 4.20. The van der Waals surface area contributed by atoms with Gasteiger partial charge in [0.25, 0.3) is 0 Å². The lowest BCUT2D eigenvalue weighted by Crippen LogP contribution is -2.17. The van der Waals surface area contributed by atoms with Crippen molar-refractivity contribution in [3.8, 4) is 0 Å². The van der Waals surface area contributed by atoms with E-state index >= 15 is 0 Å². The number of benzene rings is 1. The molecular formula is C15H20N4. The van der Waals surface area contributed by atoms with Gasteiger partial charge in [0.15, 0.2) is 0 Å². The van der Waals surface area contributed by atoms with Crippen LogP contribution in [0.3, 0.4) is 0 Å². The molecule has 1 aromatic carbocycles. The largest absolute Gasteiger partial charge is 0.307 e. The van der Waals surface area contributed by atoms with Gasteiger partial charge in [-0.3, -0.25) is 0 Å². The lowest BCUT2D eigenvalue weighted by atomic mass is 10.1. The minimum atomic E-state index is 0.763. The molecule has 100 valence electrons. The molecule has 0 aliphatic heterocycles. The highest BCUT2D eigenvalue weighted by molar-refractivity contribution is 5.26. The van der Waals surface area contributed by atoms with Crippen molar-refractivity contribution in [2.75, 3.05) is 14.1 Å². The minimum Gasteiger partial charge on any atom is -0.307 e. The normalized spacial score (nSPS) is 10.9. The summed E-state index contributed by atoms with van der Waals surface area (Å²) in [5.74, 6) is 0. The standard InChI is InChI=1S/C15H20N4/c1-19(2)11-14-6-4-3-5-13(14)9-17-10-15-7-8-16-12-18-15/h3-8,12,17H,9-11H2,1-2H3. The van der Waals surface area contributed by atoms with Gasteiger partial charge in [0, 0.05) is 25.8 Å². The third-order valence-electron chi connectivity index (χ3n) is 2.87. The molecule has 4 nitrogen and oxygen atoms in total.